The molecule has 1 saturated heterocycles. The second-order valence-corrected chi connectivity index (χ2v) is 4.09. The van der Waals surface area contributed by atoms with Gasteiger partial charge in [0, 0.05) is 20.1 Å². The summed E-state index contributed by atoms with van der Waals surface area (Å²) in [6.45, 7) is 1.33. The number of alkyl halides is 3. The number of thioether (sulfide) groups is 1. The Labute approximate surface area is 84.0 Å². The minimum atomic E-state index is -4.33. The van der Waals surface area contributed by atoms with Crippen LogP contribution in [0.3, 0.4) is 0 Å². The predicted molar refractivity (Wildman–Crippen MR) is 47.9 cm³/mol. The van der Waals surface area contributed by atoms with Crippen molar-refractivity contribution in [2.75, 3.05) is 25.9 Å². The van der Waals surface area contributed by atoms with E-state index in [-0.39, 0.29) is 17.8 Å². The SMILES string of the molecule is CN(C(=O)CSC(F)(F)F)C1CNC1. The molecule has 0 bridgehead atoms. The molecule has 0 spiro atoms. The Kier molecular flexibility index (Phi) is 3.65. The zero-order valence-electron chi connectivity index (χ0n) is 7.60. The van der Waals surface area contributed by atoms with Crippen molar-refractivity contribution in [2.45, 2.75) is 11.6 Å². The van der Waals surface area contributed by atoms with Crippen LogP contribution in [0.2, 0.25) is 0 Å². The van der Waals surface area contributed by atoms with Crippen LogP contribution in [0.15, 0.2) is 0 Å². The summed E-state index contributed by atoms with van der Waals surface area (Å²) in [6.07, 6.45) is 0. The van der Waals surface area contributed by atoms with Crippen molar-refractivity contribution in [3.05, 3.63) is 0 Å². The van der Waals surface area contributed by atoms with Gasteiger partial charge < -0.3 is 10.2 Å². The quantitative estimate of drug-likeness (QED) is 0.770. The Morgan fingerprint density at radius 2 is 2.14 bits per heavy atom. The molecule has 1 amide bonds. The topological polar surface area (TPSA) is 32.3 Å². The van der Waals surface area contributed by atoms with Crippen LogP contribution < -0.4 is 5.32 Å². The van der Waals surface area contributed by atoms with Crippen LogP contribution in [0.25, 0.3) is 0 Å². The maximum atomic E-state index is 11.8. The van der Waals surface area contributed by atoms with Gasteiger partial charge in [0.25, 0.3) is 0 Å². The minimum absolute atomic E-state index is 0.0522. The van der Waals surface area contributed by atoms with Crippen LogP contribution >= 0.6 is 11.8 Å². The molecular weight excluding hydrogens is 217 g/mol. The third kappa shape index (κ3) is 3.38. The normalized spacial score (nSPS) is 17.7. The molecule has 82 valence electrons. The summed E-state index contributed by atoms with van der Waals surface area (Å²) in [5.41, 5.74) is -4.33. The van der Waals surface area contributed by atoms with Crippen molar-refractivity contribution in [3.63, 3.8) is 0 Å². The van der Waals surface area contributed by atoms with Crippen LogP contribution in [-0.2, 0) is 4.79 Å². The van der Waals surface area contributed by atoms with Gasteiger partial charge in [-0.05, 0) is 11.8 Å². The summed E-state index contributed by atoms with van der Waals surface area (Å²) in [6, 6.07) is 0.0522. The van der Waals surface area contributed by atoms with Gasteiger partial charge in [-0.1, -0.05) is 0 Å². The van der Waals surface area contributed by atoms with Gasteiger partial charge in [0.1, 0.15) is 0 Å². The summed E-state index contributed by atoms with van der Waals surface area (Å²) in [4.78, 5) is 12.6. The lowest BCUT2D eigenvalue weighted by Gasteiger charge is -2.35. The van der Waals surface area contributed by atoms with Gasteiger partial charge in [-0.2, -0.15) is 13.2 Å². The molecule has 7 heteroatoms. The molecule has 0 aromatic rings. The van der Waals surface area contributed by atoms with E-state index in [1.165, 1.54) is 11.9 Å². The summed E-state index contributed by atoms with van der Waals surface area (Å²) in [7, 11) is 1.53. The van der Waals surface area contributed by atoms with Gasteiger partial charge in [0.2, 0.25) is 5.91 Å². The number of hydrogen-bond donors (Lipinski definition) is 1. The van der Waals surface area contributed by atoms with E-state index in [1.807, 2.05) is 0 Å². The molecule has 0 aromatic heterocycles. The lowest BCUT2D eigenvalue weighted by molar-refractivity contribution is -0.130. The van der Waals surface area contributed by atoms with E-state index in [2.05, 4.69) is 5.32 Å². The highest BCUT2D eigenvalue weighted by Crippen LogP contribution is 2.30. The second kappa shape index (κ2) is 4.39. The van der Waals surface area contributed by atoms with Crippen LogP contribution in [0, 0.1) is 0 Å². The van der Waals surface area contributed by atoms with Crippen molar-refractivity contribution in [1.29, 1.82) is 0 Å². The van der Waals surface area contributed by atoms with Crippen molar-refractivity contribution in [3.8, 4) is 0 Å². The van der Waals surface area contributed by atoms with E-state index in [0.29, 0.717) is 13.1 Å². The number of carbonyl (C=O) groups excluding carboxylic acids is 1. The first-order valence-electron chi connectivity index (χ1n) is 4.07. The lowest BCUT2D eigenvalue weighted by atomic mass is 10.1. The Bertz CT molecular complexity index is 217. The maximum Gasteiger partial charge on any atom is 0.442 e. The molecule has 14 heavy (non-hydrogen) atoms. The van der Waals surface area contributed by atoms with Gasteiger partial charge >= 0.3 is 5.51 Å². The average Bonchev–Trinajstić information content (AvgIpc) is 1.95. The summed E-state index contributed by atoms with van der Waals surface area (Å²) in [5, 5.41) is 2.95. The van der Waals surface area contributed by atoms with E-state index >= 15 is 0 Å². The molecule has 1 heterocycles. The fraction of sp³-hybridized carbons (Fsp3) is 0.857. The molecule has 1 aliphatic rings. The zero-order valence-corrected chi connectivity index (χ0v) is 8.41. The molecule has 0 radical (unpaired) electrons. The van der Waals surface area contributed by atoms with Crippen LogP contribution in [0.1, 0.15) is 0 Å². The largest absolute Gasteiger partial charge is 0.442 e. The highest BCUT2D eigenvalue weighted by molar-refractivity contribution is 8.00. The summed E-state index contributed by atoms with van der Waals surface area (Å²) in [5.74, 6) is -1.00. The number of hydrogen-bond acceptors (Lipinski definition) is 3. The molecule has 0 saturated carbocycles. The first-order chi connectivity index (χ1) is 6.40. The Hall–Kier alpha value is -0.430. The molecule has 0 atom stereocenters. The number of carbonyl (C=O) groups is 1. The first kappa shape index (κ1) is 11.6. The van der Waals surface area contributed by atoms with Crippen molar-refractivity contribution >= 4 is 17.7 Å². The van der Waals surface area contributed by atoms with Crippen molar-refractivity contribution < 1.29 is 18.0 Å². The van der Waals surface area contributed by atoms with Crippen molar-refractivity contribution in [2.24, 2.45) is 0 Å². The molecule has 1 N–H and O–H groups in total. The first-order valence-corrected chi connectivity index (χ1v) is 5.06. The third-order valence-corrected chi connectivity index (χ3v) is 2.78. The zero-order chi connectivity index (χ0) is 10.8. The standard InChI is InChI=1S/C7H11F3N2OS/c1-12(5-2-11-3-5)6(13)4-14-7(8,9)10/h5,11H,2-4H2,1H3. The molecular formula is C7H11F3N2OS. The Balaban J connectivity index is 2.27. The maximum absolute atomic E-state index is 11.8. The molecule has 1 fully saturated rings. The van der Waals surface area contributed by atoms with Crippen LogP contribution in [0.5, 0.6) is 0 Å². The number of halogens is 3. The van der Waals surface area contributed by atoms with Crippen LogP contribution in [0.4, 0.5) is 13.2 Å². The highest BCUT2D eigenvalue weighted by atomic mass is 32.2. The van der Waals surface area contributed by atoms with Gasteiger partial charge in [-0.25, -0.2) is 0 Å². The number of amides is 1. The molecule has 0 aliphatic carbocycles. The predicted octanol–water partition coefficient (Wildman–Crippen LogP) is 0.670. The van der Waals surface area contributed by atoms with Gasteiger partial charge in [0.15, 0.2) is 0 Å². The second-order valence-electron chi connectivity index (χ2n) is 3.05. The Morgan fingerprint density at radius 1 is 1.57 bits per heavy atom. The van der Waals surface area contributed by atoms with E-state index in [4.69, 9.17) is 0 Å². The highest BCUT2D eigenvalue weighted by Gasteiger charge is 2.32. The fourth-order valence-corrected chi connectivity index (χ4v) is 1.49. The molecule has 1 aliphatic heterocycles. The van der Waals surface area contributed by atoms with E-state index < -0.39 is 17.2 Å². The summed E-state index contributed by atoms with van der Waals surface area (Å²) >= 11 is -0.290. The van der Waals surface area contributed by atoms with Gasteiger partial charge in [-0.15, -0.1) is 0 Å². The smallest absolute Gasteiger partial charge is 0.339 e. The molecule has 0 unspecified atom stereocenters. The monoisotopic (exact) mass is 228 g/mol. The molecule has 0 aromatic carbocycles. The number of nitrogens with one attached hydrogen (secondary N) is 1. The van der Waals surface area contributed by atoms with E-state index in [0.717, 1.165) is 0 Å². The Morgan fingerprint density at radius 3 is 2.50 bits per heavy atom. The van der Waals surface area contributed by atoms with Gasteiger partial charge in [-0.3, -0.25) is 4.79 Å². The number of likely N-dealkylation sites (N-methyl/N-ethyl adjacent to an activating group) is 1. The number of rotatable bonds is 3. The van der Waals surface area contributed by atoms with E-state index in [9.17, 15) is 18.0 Å². The molecule has 1 rings (SSSR count). The van der Waals surface area contributed by atoms with E-state index in [1.54, 1.807) is 0 Å². The summed E-state index contributed by atoms with van der Waals surface area (Å²) < 4.78 is 35.3. The minimum Gasteiger partial charge on any atom is -0.339 e. The molecule has 3 nitrogen and oxygen atoms in total. The van der Waals surface area contributed by atoms with Crippen LogP contribution in [-0.4, -0.2) is 48.2 Å². The fourth-order valence-electron chi connectivity index (χ4n) is 0.996. The number of nitrogens with zero attached hydrogens (tertiary/aromatic N) is 1. The van der Waals surface area contributed by atoms with Crippen molar-refractivity contribution in [1.82, 2.24) is 10.2 Å². The average molecular weight is 228 g/mol. The van der Waals surface area contributed by atoms with Gasteiger partial charge in [0.05, 0.1) is 11.8 Å². The third-order valence-electron chi connectivity index (χ3n) is 2.06. The lowest BCUT2D eigenvalue weighted by Crippen LogP contribution is -2.57.